The summed E-state index contributed by atoms with van der Waals surface area (Å²) in [5.74, 6) is 0. The monoisotopic (exact) mass is 220 g/mol. The summed E-state index contributed by atoms with van der Waals surface area (Å²) >= 11 is 0. The second-order valence-corrected chi connectivity index (χ2v) is 4.21. The molecular weight excluding hydrogens is 208 g/mol. The van der Waals surface area contributed by atoms with Crippen LogP contribution in [0.5, 0.6) is 0 Å². The molecule has 1 nitrogen and oxygen atoms in total. The molecule has 0 atom stereocenters. The van der Waals surface area contributed by atoms with Crippen molar-refractivity contribution in [2.45, 2.75) is 6.42 Å². The van der Waals surface area contributed by atoms with Gasteiger partial charge in [-0.1, -0.05) is 48.5 Å². The molecular formula is C16H12O. The van der Waals surface area contributed by atoms with Crippen molar-refractivity contribution in [1.29, 1.82) is 0 Å². The number of aldehydes is 1. The summed E-state index contributed by atoms with van der Waals surface area (Å²) in [5.41, 5.74) is 5.98. The summed E-state index contributed by atoms with van der Waals surface area (Å²) in [7, 11) is 0. The van der Waals surface area contributed by atoms with Gasteiger partial charge in [0.1, 0.15) is 6.29 Å². The molecule has 1 aliphatic carbocycles. The third-order valence-electron chi connectivity index (χ3n) is 3.23. The number of hydrogen-bond donors (Lipinski definition) is 0. The van der Waals surface area contributed by atoms with Gasteiger partial charge in [0, 0.05) is 0 Å². The van der Waals surface area contributed by atoms with Crippen LogP contribution in [0, 0.1) is 0 Å². The number of carbonyl (C=O) groups excluding carboxylic acids is 1. The molecule has 2 aromatic rings. The van der Waals surface area contributed by atoms with Crippen molar-refractivity contribution >= 4 is 11.9 Å². The normalized spacial score (nSPS) is 12.6. The first kappa shape index (κ1) is 10.0. The van der Waals surface area contributed by atoms with Crippen LogP contribution in [0.15, 0.2) is 54.6 Å². The van der Waals surface area contributed by atoms with Gasteiger partial charge in [0.25, 0.3) is 0 Å². The zero-order chi connectivity index (χ0) is 11.7. The van der Waals surface area contributed by atoms with Gasteiger partial charge in [0.05, 0.1) is 0 Å². The molecule has 2 aromatic carbocycles. The fourth-order valence-corrected chi connectivity index (χ4v) is 2.47. The Morgan fingerprint density at radius 1 is 0.824 bits per heavy atom. The van der Waals surface area contributed by atoms with Crippen molar-refractivity contribution in [3.63, 3.8) is 0 Å². The maximum absolute atomic E-state index is 10.8. The second-order valence-electron chi connectivity index (χ2n) is 4.21. The Bertz CT molecular complexity index is 561. The quantitative estimate of drug-likeness (QED) is 0.454. The summed E-state index contributed by atoms with van der Waals surface area (Å²) in [6, 6.07) is 16.6. The summed E-state index contributed by atoms with van der Waals surface area (Å²) in [6.45, 7) is 0. The van der Waals surface area contributed by atoms with E-state index in [1.165, 1.54) is 22.3 Å². The molecule has 82 valence electrons. The minimum absolute atomic E-state index is 0.869. The SMILES string of the molecule is O=CC=C1c2ccccc2Cc2ccccc21. The molecule has 0 saturated carbocycles. The van der Waals surface area contributed by atoms with E-state index >= 15 is 0 Å². The molecule has 0 aliphatic heterocycles. The summed E-state index contributed by atoms with van der Waals surface area (Å²) in [5, 5.41) is 0. The zero-order valence-corrected chi connectivity index (χ0v) is 9.39. The Labute approximate surface area is 100 Å². The molecule has 0 radical (unpaired) electrons. The smallest absolute Gasteiger partial charge is 0.143 e. The highest BCUT2D eigenvalue weighted by Crippen LogP contribution is 2.35. The topological polar surface area (TPSA) is 17.1 Å². The Morgan fingerprint density at radius 3 is 1.88 bits per heavy atom. The fourth-order valence-electron chi connectivity index (χ4n) is 2.47. The van der Waals surface area contributed by atoms with Gasteiger partial charge in [-0.2, -0.15) is 0 Å². The minimum Gasteiger partial charge on any atom is -0.299 e. The van der Waals surface area contributed by atoms with E-state index in [0.29, 0.717) is 0 Å². The Balaban J connectivity index is 2.28. The van der Waals surface area contributed by atoms with Crippen LogP contribution in [-0.2, 0) is 11.2 Å². The molecule has 0 N–H and O–H groups in total. The third kappa shape index (κ3) is 1.60. The number of hydrogen-bond acceptors (Lipinski definition) is 1. The van der Waals surface area contributed by atoms with Crippen LogP contribution < -0.4 is 0 Å². The van der Waals surface area contributed by atoms with E-state index in [9.17, 15) is 4.79 Å². The number of allylic oxidation sites excluding steroid dienone is 1. The largest absolute Gasteiger partial charge is 0.299 e. The molecule has 0 heterocycles. The first-order valence-electron chi connectivity index (χ1n) is 5.72. The first-order valence-corrected chi connectivity index (χ1v) is 5.72. The van der Waals surface area contributed by atoms with Gasteiger partial charge in [-0.05, 0) is 40.3 Å². The van der Waals surface area contributed by atoms with Crippen molar-refractivity contribution in [2.24, 2.45) is 0 Å². The van der Waals surface area contributed by atoms with E-state index in [2.05, 4.69) is 24.3 Å². The number of benzene rings is 2. The van der Waals surface area contributed by atoms with Crippen LogP contribution in [0.3, 0.4) is 0 Å². The molecule has 0 spiro atoms. The lowest BCUT2D eigenvalue weighted by atomic mass is 9.82. The van der Waals surface area contributed by atoms with Crippen molar-refractivity contribution in [1.82, 2.24) is 0 Å². The van der Waals surface area contributed by atoms with Crippen molar-refractivity contribution in [3.05, 3.63) is 76.9 Å². The summed E-state index contributed by atoms with van der Waals surface area (Å²) in [6.07, 6.45) is 3.48. The van der Waals surface area contributed by atoms with Gasteiger partial charge < -0.3 is 0 Å². The minimum atomic E-state index is 0.869. The standard InChI is InChI=1S/C16H12O/c17-10-9-16-14-7-3-1-5-12(14)11-13-6-2-4-8-15(13)16/h1-10H,11H2. The van der Waals surface area contributed by atoms with Crippen molar-refractivity contribution in [3.8, 4) is 0 Å². The molecule has 3 rings (SSSR count). The van der Waals surface area contributed by atoms with Crippen molar-refractivity contribution < 1.29 is 4.79 Å². The van der Waals surface area contributed by atoms with E-state index in [1.807, 2.05) is 24.3 Å². The van der Waals surface area contributed by atoms with E-state index in [1.54, 1.807) is 6.08 Å². The van der Waals surface area contributed by atoms with Gasteiger partial charge in [-0.15, -0.1) is 0 Å². The molecule has 1 aliphatic rings. The zero-order valence-electron chi connectivity index (χ0n) is 9.39. The van der Waals surface area contributed by atoms with Crippen LogP contribution in [0.25, 0.3) is 5.57 Å². The Morgan fingerprint density at radius 2 is 1.35 bits per heavy atom. The molecule has 0 unspecified atom stereocenters. The Kier molecular flexibility index (Phi) is 2.37. The summed E-state index contributed by atoms with van der Waals surface area (Å²) < 4.78 is 0. The third-order valence-corrected chi connectivity index (χ3v) is 3.23. The maximum atomic E-state index is 10.8. The number of carbonyl (C=O) groups is 1. The molecule has 1 heteroatoms. The lowest BCUT2D eigenvalue weighted by Crippen LogP contribution is -2.06. The average Bonchev–Trinajstić information content (AvgIpc) is 2.39. The molecule has 0 saturated heterocycles. The highest BCUT2D eigenvalue weighted by atomic mass is 16.1. The van der Waals surface area contributed by atoms with E-state index in [0.717, 1.165) is 18.3 Å². The maximum Gasteiger partial charge on any atom is 0.143 e. The average molecular weight is 220 g/mol. The molecule has 17 heavy (non-hydrogen) atoms. The van der Waals surface area contributed by atoms with Gasteiger partial charge in [-0.25, -0.2) is 0 Å². The predicted molar refractivity (Wildman–Crippen MR) is 68.8 cm³/mol. The molecule has 0 amide bonds. The molecule has 0 bridgehead atoms. The lowest BCUT2D eigenvalue weighted by molar-refractivity contribution is -0.104. The van der Waals surface area contributed by atoms with E-state index in [-0.39, 0.29) is 0 Å². The number of fused-ring (bicyclic) bond motifs is 2. The van der Waals surface area contributed by atoms with Gasteiger partial charge in [0.2, 0.25) is 0 Å². The van der Waals surface area contributed by atoms with Gasteiger partial charge in [-0.3, -0.25) is 4.79 Å². The predicted octanol–water partition coefficient (Wildman–Crippen LogP) is 3.22. The van der Waals surface area contributed by atoms with E-state index in [4.69, 9.17) is 0 Å². The van der Waals surface area contributed by atoms with E-state index < -0.39 is 0 Å². The highest BCUT2D eigenvalue weighted by Gasteiger charge is 2.18. The van der Waals surface area contributed by atoms with Crippen LogP contribution in [0.4, 0.5) is 0 Å². The van der Waals surface area contributed by atoms with Crippen LogP contribution in [0.1, 0.15) is 22.3 Å². The number of rotatable bonds is 1. The fraction of sp³-hybridized carbons (Fsp3) is 0.0625. The van der Waals surface area contributed by atoms with Gasteiger partial charge >= 0.3 is 0 Å². The second kappa shape index (κ2) is 4.02. The highest BCUT2D eigenvalue weighted by molar-refractivity contribution is 5.93. The van der Waals surface area contributed by atoms with Crippen LogP contribution >= 0.6 is 0 Å². The van der Waals surface area contributed by atoms with Crippen LogP contribution in [-0.4, -0.2) is 6.29 Å². The lowest BCUT2D eigenvalue weighted by Gasteiger charge is -2.22. The van der Waals surface area contributed by atoms with Crippen molar-refractivity contribution in [2.75, 3.05) is 0 Å². The molecule has 0 aromatic heterocycles. The molecule has 0 fully saturated rings. The Hall–Kier alpha value is -2.15. The van der Waals surface area contributed by atoms with Gasteiger partial charge in [0.15, 0.2) is 0 Å². The van der Waals surface area contributed by atoms with Crippen LogP contribution in [0.2, 0.25) is 0 Å². The summed E-state index contributed by atoms with van der Waals surface area (Å²) in [4.78, 5) is 10.8. The first-order chi connectivity index (χ1) is 8.40.